The van der Waals surface area contributed by atoms with Crippen molar-refractivity contribution < 1.29 is 9.21 Å². The number of aryl methyl sites for hydroxylation is 2. The number of thiazole rings is 1. The van der Waals surface area contributed by atoms with Crippen molar-refractivity contribution in [1.82, 2.24) is 4.98 Å². The van der Waals surface area contributed by atoms with E-state index < -0.39 is 0 Å². The van der Waals surface area contributed by atoms with E-state index in [0.717, 1.165) is 26.9 Å². The highest BCUT2D eigenvalue weighted by molar-refractivity contribution is 7.22. The molecular weight excluding hydrogens is 358 g/mol. The predicted molar refractivity (Wildman–Crippen MR) is 109 cm³/mol. The van der Waals surface area contributed by atoms with Gasteiger partial charge < -0.3 is 4.42 Å². The van der Waals surface area contributed by atoms with Gasteiger partial charge in [0.05, 0.1) is 22.7 Å². The molecule has 0 spiro atoms. The van der Waals surface area contributed by atoms with Gasteiger partial charge in [0, 0.05) is 0 Å². The molecule has 134 valence electrons. The van der Waals surface area contributed by atoms with E-state index in [4.69, 9.17) is 4.42 Å². The fourth-order valence-electron chi connectivity index (χ4n) is 2.58. The Kier molecular flexibility index (Phi) is 4.56. The summed E-state index contributed by atoms with van der Waals surface area (Å²) in [4.78, 5) is 17.5. The van der Waals surface area contributed by atoms with Crippen LogP contribution in [0, 0.1) is 13.8 Å². The summed E-state index contributed by atoms with van der Waals surface area (Å²) in [5.74, 6) is -0.148. The summed E-state index contributed by atoms with van der Waals surface area (Å²) in [7, 11) is 0. The molecule has 2 heterocycles. The summed E-state index contributed by atoms with van der Waals surface area (Å²) in [6, 6.07) is 17.2. The van der Waals surface area contributed by atoms with Crippen molar-refractivity contribution in [3.05, 3.63) is 83.3 Å². The highest BCUT2D eigenvalue weighted by Crippen LogP contribution is 2.30. The number of amides is 1. The van der Waals surface area contributed by atoms with Crippen molar-refractivity contribution >= 4 is 38.8 Å². The Labute approximate surface area is 160 Å². The van der Waals surface area contributed by atoms with Crippen LogP contribution in [0.15, 0.2) is 70.4 Å². The first-order valence-electron chi connectivity index (χ1n) is 8.46. The second kappa shape index (κ2) is 7.17. The quantitative estimate of drug-likeness (QED) is 0.364. The summed E-state index contributed by atoms with van der Waals surface area (Å²) in [6.07, 6.45) is 3.12. The molecule has 2 aromatic heterocycles. The molecule has 0 bridgehead atoms. The van der Waals surface area contributed by atoms with Crippen LogP contribution in [0.5, 0.6) is 0 Å². The highest BCUT2D eigenvalue weighted by Gasteiger charge is 2.23. The molecule has 0 atom stereocenters. The first kappa shape index (κ1) is 17.2. The van der Waals surface area contributed by atoms with E-state index in [0.29, 0.717) is 5.13 Å². The van der Waals surface area contributed by atoms with Crippen molar-refractivity contribution in [3.63, 3.8) is 0 Å². The molecule has 0 aliphatic rings. The molecule has 0 saturated heterocycles. The number of furan rings is 1. The molecule has 0 radical (unpaired) electrons. The van der Waals surface area contributed by atoms with Crippen LogP contribution < -0.4 is 5.01 Å². The van der Waals surface area contributed by atoms with Crippen molar-refractivity contribution in [2.24, 2.45) is 5.10 Å². The standard InChI is InChI=1S/C21H17N3O2S/c1-14-5-8-16(9-6-14)13-22-24(20(25)18-4-3-11-26-18)21-23-17-10-7-15(2)12-19(17)27-21/h3-13H,1-2H3/b22-13-. The van der Waals surface area contributed by atoms with Crippen LogP contribution in [0.25, 0.3) is 10.2 Å². The zero-order valence-corrected chi connectivity index (χ0v) is 15.7. The van der Waals surface area contributed by atoms with Crippen molar-refractivity contribution in [3.8, 4) is 0 Å². The molecule has 0 saturated carbocycles. The van der Waals surface area contributed by atoms with Gasteiger partial charge in [-0.2, -0.15) is 10.1 Å². The summed E-state index contributed by atoms with van der Waals surface area (Å²) in [6.45, 7) is 4.05. The number of hydrazone groups is 1. The first-order valence-corrected chi connectivity index (χ1v) is 9.27. The summed E-state index contributed by atoms with van der Waals surface area (Å²) in [5.41, 5.74) is 4.04. The average Bonchev–Trinajstić information content (AvgIpc) is 3.32. The van der Waals surface area contributed by atoms with E-state index in [9.17, 15) is 4.79 Å². The SMILES string of the molecule is Cc1ccc(/C=N\N(C(=O)c2ccco2)c2nc3ccc(C)cc3s2)cc1. The van der Waals surface area contributed by atoms with Crippen LogP contribution in [0.3, 0.4) is 0 Å². The fourth-order valence-corrected chi connectivity index (χ4v) is 3.60. The van der Waals surface area contributed by atoms with Crippen LogP contribution in [-0.4, -0.2) is 17.1 Å². The van der Waals surface area contributed by atoms with Crippen molar-refractivity contribution in [1.29, 1.82) is 0 Å². The number of hydrogen-bond donors (Lipinski definition) is 0. The largest absolute Gasteiger partial charge is 0.459 e. The van der Waals surface area contributed by atoms with Crippen LogP contribution in [0.1, 0.15) is 27.2 Å². The van der Waals surface area contributed by atoms with Gasteiger partial charge in [-0.3, -0.25) is 4.79 Å². The maximum Gasteiger partial charge on any atom is 0.316 e. The molecule has 0 fully saturated rings. The Hall–Kier alpha value is -3.25. The molecule has 0 aliphatic carbocycles. The lowest BCUT2D eigenvalue weighted by Crippen LogP contribution is -2.25. The second-order valence-electron chi connectivity index (χ2n) is 6.22. The van der Waals surface area contributed by atoms with E-state index in [1.165, 1.54) is 22.6 Å². The topological polar surface area (TPSA) is 58.7 Å². The lowest BCUT2D eigenvalue weighted by molar-refractivity contribution is 0.0961. The lowest BCUT2D eigenvalue weighted by Gasteiger charge is -2.11. The number of benzene rings is 2. The molecule has 6 heteroatoms. The van der Waals surface area contributed by atoms with Crippen LogP contribution >= 0.6 is 11.3 Å². The minimum absolute atomic E-state index is 0.214. The van der Waals surface area contributed by atoms with E-state index >= 15 is 0 Å². The molecule has 4 rings (SSSR count). The van der Waals surface area contributed by atoms with Gasteiger partial charge in [0.1, 0.15) is 0 Å². The third kappa shape index (κ3) is 3.66. The number of nitrogens with zero attached hydrogens (tertiary/aromatic N) is 3. The molecule has 1 amide bonds. The molecular formula is C21H17N3O2S. The minimum Gasteiger partial charge on any atom is -0.459 e. The molecule has 27 heavy (non-hydrogen) atoms. The van der Waals surface area contributed by atoms with Gasteiger partial charge in [-0.05, 0) is 49.2 Å². The van der Waals surface area contributed by atoms with Crippen LogP contribution in [-0.2, 0) is 0 Å². The Morgan fingerprint density at radius 1 is 1.11 bits per heavy atom. The van der Waals surface area contributed by atoms with Crippen molar-refractivity contribution in [2.75, 3.05) is 5.01 Å². The number of carbonyl (C=O) groups is 1. The fraction of sp³-hybridized carbons (Fsp3) is 0.0952. The highest BCUT2D eigenvalue weighted by atomic mass is 32.1. The number of rotatable bonds is 4. The maximum absolute atomic E-state index is 12.9. The van der Waals surface area contributed by atoms with Crippen LogP contribution in [0.2, 0.25) is 0 Å². The minimum atomic E-state index is -0.362. The zero-order chi connectivity index (χ0) is 18.8. The van der Waals surface area contributed by atoms with Gasteiger partial charge in [0.25, 0.3) is 0 Å². The van der Waals surface area contributed by atoms with Gasteiger partial charge in [-0.25, -0.2) is 4.98 Å². The summed E-state index contributed by atoms with van der Waals surface area (Å²) < 4.78 is 6.28. The van der Waals surface area contributed by atoms with Gasteiger partial charge in [0.2, 0.25) is 5.13 Å². The lowest BCUT2D eigenvalue weighted by atomic mass is 10.2. The normalized spacial score (nSPS) is 11.3. The zero-order valence-electron chi connectivity index (χ0n) is 14.9. The maximum atomic E-state index is 12.9. The number of aromatic nitrogens is 1. The number of hydrogen-bond acceptors (Lipinski definition) is 5. The molecule has 2 aromatic carbocycles. The molecule has 0 N–H and O–H groups in total. The molecule has 4 aromatic rings. The van der Waals surface area contributed by atoms with E-state index in [2.05, 4.69) is 16.2 Å². The van der Waals surface area contributed by atoms with E-state index in [1.54, 1.807) is 18.3 Å². The summed E-state index contributed by atoms with van der Waals surface area (Å²) >= 11 is 1.42. The Balaban J connectivity index is 1.74. The molecule has 5 nitrogen and oxygen atoms in total. The van der Waals surface area contributed by atoms with Crippen LogP contribution in [0.4, 0.5) is 5.13 Å². The van der Waals surface area contributed by atoms with E-state index in [-0.39, 0.29) is 11.7 Å². The second-order valence-corrected chi connectivity index (χ2v) is 7.23. The van der Waals surface area contributed by atoms with E-state index in [1.807, 2.05) is 50.2 Å². The van der Waals surface area contributed by atoms with Gasteiger partial charge in [-0.15, -0.1) is 0 Å². The van der Waals surface area contributed by atoms with Gasteiger partial charge >= 0.3 is 5.91 Å². The Morgan fingerprint density at radius 3 is 2.63 bits per heavy atom. The molecule has 0 unspecified atom stereocenters. The first-order chi connectivity index (χ1) is 13.1. The number of fused-ring (bicyclic) bond motifs is 1. The van der Waals surface area contributed by atoms with Crippen molar-refractivity contribution in [2.45, 2.75) is 13.8 Å². The van der Waals surface area contributed by atoms with Gasteiger partial charge in [-0.1, -0.05) is 47.2 Å². The summed E-state index contributed by atoms with van der Waals surface area (Å²) in [5, 5.41) is 6.20. The third-order valence-electron chi connectivity index (χ3n) is 4.04. The van der Waals surface area contributed by atoms with Gasteiger partial charge in [0.15, 0.2) is 5.76 Å². The molecule has 0 aliphatic heterocycles. The Morgan fingerprint density at radius 2 is 1.89 bits per heavy atom. The third-order valence-corrected chi connectivity index (χ3v) is 5.03. The average molecular weight is 375 g/mol. The number of carbonyl (C=O) groups excluding carboxylic acids is 1. The smallest absolute Gasteiger partial charge is 0.316 e. The monoisotopic (exact) mass is 375 g/mol. The predicted octanol–water partition coefficient (Wildman–Crippen LogP) is 5.19. The number of anilines is 1. The Bertz CT molecular complexity index is 1110.